The predicted molar refractivity (Wildman–Crippen MR) is 58.8 cm³/mol. The molecule has 0 aromatic rings. The summed E-state index contributed by atoms with van der Waals surface area (Å²) < 4.78 is 0. The summed E-state index contributed by atoms with van der Waals surface area (Å²) in [6.07, 6.45) is 6.42. The molecule has 5 nitrogen and oxygen atoms in total. The van der Waals surface area contributed by atoms with E-state index < -0.39 is 12.0 Å². The van der Waals surface area contributed by atoms with Gasteiger partial charge in [-0.2, -0.15) is 0 Å². The number of hydrogen-bond donors (Lipinski definition) is 3. The van der Waals surface area contributed by atoms with E-state index in [0.717, 1.165) is 18.5 Å². The zero-order chi connectivity index (χ0) is 11.1. The maximum Gasteiger partial charge on any atom is 0.329 e. The third-order valence-electron chi connectivity index (χ3n) is 3.46. The maximum atomic E-state index is 11.1. The number of hydrazine groups is 1. The molecule has 0 aromatic heterocycles. The number of fused-ring (bicyclic) bond motifs is 2. The van der Waals surface area contributed by atoms with Gasteiger partial charge in [-0.05, 0) is 24.1 Å². The molecule has 1 aliphatic carbocycles. The fourth-order valence-corrected chi connectivity index (χ4v) is 2.63. The van der Waals surface area contributed by atoms with E-state index in [-0.39, 0.29) is 5.92 Å². The Hall–Kier alpha value is -1.62. The van der Waals surface area contributed by atoms with Gasteiger partial charge < -0.3 is 10.5 Å². The predicted octanol–water partition coefficient (Wildman–Crippen LogP) is 0.0782. The highest BCUT2D eigenvalue weighted by molar-refractivity contribution is 5.83. The van der Waals surface area contributed by atoms with Crippen molar-refractivity contribution in [1.82, 2.24) is 10.9 Å². The molecule has 3 unspecified atom stereocenters. The fraction of sp³-hybridized carbons (Fsp3) is 0.455. The molecule has 84 valence electrons. The lowest BCUT2D eigenvalue weighted by Gasteiger charge is -2.31. The van der Waals surface area contributed by atoms with Crippen LogP contribution in [0, 0.1) is 11.8 Å². The van der Waals surface area contributed by atoms with Crippen LogP contribution in [0.4, 0.5) is 0 Å². The summed E-state index contributed by atoms with van der Waals surface area (Å²) in [6, 6.07) is -0.613. The summed E-state index contributed by atoms with van der Waals surface area (Å²) >= 11 is 0. The highest BCUT2D eigenvalue weighted by Crippen LogP contribution is 2.37. The molecule has 3 rings (SSSR count). The fourth-order valence-electron chi connectivity index (χ4n) is 2.63. The Balaban J connectivity index is 1.95. The van der Waals surface area contributed by atoms with E-state index in [1.165, 1.54) is 5.70 Å². The lowest BCUT2D eigenvalue weighted by atomic mass is 9.76. The molecule has 0 bridgehead atoms. The second kappa shape index (κ2) is 3.45. The molecular weight excluding hydrogens is 206 g/mol. The minimum atomic E-state index is -0.831. The van der Waals surface area contributed by atoms with Gasteiger partial charge in [-0.3, -0.25) is 4.99 Å². The van der Waals surface area contributed by atoms with Crippen molar-refractivity contribution >= 4 is 12.2 Å². The number of rotatable bonds is 1. The van der Waals surface area contributed by atoms with Crippen LogP contribution in [0.5, 0.6) is 0 Å². The van der Waals surface area contributed by atoms with E-state index in [2.05, 4.69) is 21.9 Å². The summed E-state index contributed by atoms with van der Waals surface area (Å²) in [5.41, 5.74) is 8.44. The SMILES string of the molecule is O=C(O)C1N=CC=C2C=C3NNCC3CC21. The second-order valence-corrected chi connectivity index (χ2v) is 4.39. The lowest BCUT2D eigenvalue weighted by molar-refractivity contribution is -0.139. The Morgan fingerprint density at radius 2 is 2.44 bits per heavy atom. The van der Waals surface area contributed by atoms with Crippen LogP contribution in [0.3, 0.4) is 0 Å². The van der Waals surface area contributed by atoms with Gasteiger partial charge in [-0.1, -0.05) is 0 Å². The first-order chi connectivity index (χ1) is 7.75. The van der Waals surface area contributed by atoms with Gasteiger partial charge in [-0.15, -0.1) is 0 Å². The minimum Gasteiger partial charge on any atom is -0.480 e. The van der Waals surface area contributed by atoms with Crippen LogP contribution in [-0.4, -0.2) is 29.9 Å². The maximum absolute atomic E-state index is 11.1. The Morgan fingerprint density at radius 3 is 3.25 bits per heavy atom. The molecule has 3 aliphatic rings. The molecular formula is C11H13N3O2. The first-order valence-electron chi connectivity index (χ1n) is 5.42. The largest absolute Gasteiger partial charge is 0.480 e. The number of aliphatic imine (C=N–C) groups is 1. The summed E-state index contributed by atoms with van der Waals surface area (Å²) in [6.45, 7) is 0.867. The minimum absolute atomic E-state index is 0.0259. The first kappa shape index (κ1) is 9.59. The number of dihydropyridines is 1. The summed E-state index contributed by atoms with van der Waals surface area (Å²) in [5, 5.41) is 9.12. The van der Waals surface area contributed by atoms with Crippen molar-refractivity contribution < 1.29 is 9.90 Å². The van der Waals surface area contributed by atoms with E-state index >= 15 is 0 Å². The molecule has 0 saturated carbocycles. The average Bonchev–Trinajstić information content (AvgIpc) is 2.71. The van der Waals surface area contributed by atoms with Crippen LogP contribution in [0.15, 0.2) is 28.4 Å². The van der Waals surface area contributed by atoms with E-state index in [0.29, 0.717) is 5.92 Å². The second-order valence-electron chi connectivity index (χ2n) is 4.39. The van der Waals surface area contributed by atoms with Gasteiger partial charge >= 0.3 is 5.97 Å². The molecule has 0 aromatic carbocycles. The van der Waals surface area contributed by atoms with Gasteiger partial charge in [-0.25, -0.2) is 10.2 Å². The van der Waals surface area contributed by atoms with Crippen molar-refractivity contribution in [2.24, 2.45) is 16.8 Å². The van der Waals surface area contributed by atoms with Gasteiger partial charge in [0.05, 0.1) is 0 Å². The van der Waals surface area contributed by atoms with Crippen LogP contribution in [0.1, 0.15) is 6.42 Å². The zero-order valence-electron chi connectivity index (χ0n) is 8.68. The Morgan fingerprint density at radius 1 is 1.56 bits per heavy atom. The number of nitrogens with zero attached hydrogens (tertiary/aromatic N) is 1. The van der Waals surface area contributed by atoms with Crippen molar-refractivity contribution in [1.29, 1.82) is 0 Å². The summed E-state index contributed by atoms with van der Waals surface area (Å²) in [4.78, 5) is 15.2. The van der Waals surface area contributed by atoms with E-state index in [4.69, 9.17) is 5.11 Å². The monoisotopic (exact) mass is 219 g/mol. The molecule has 0 spiro atoms. The highest BCUT2D eigenvalue weighted by Gasteiger charge is 2.38. The molecule has 3 atom stereocenters. The molecule has 0 amide bonds. The Bertz CT molecular complexity index is 425. The van der Waals surface area contributed by atoms with Gasteiger partial charge in [0, 0.05) is 30.3 Å². The number of allylic oxidation sites excluding steroid dienone is 2. The standard InChI is InChI=1S/C11H13N3O2/c15-11(16)10-8-3-7-5-13-14-9(7)4-6(8)1-2-12-10/h1-2,4,7-8,10,13-14H,3,5H2,(H,15,16). The quantitative estimate of drug-likeness (QED) is 0.584. The van der Waals surface area contributed by atoms with Crippen LogP contribution >= 0.6 is 0 Å². The number of nitrogens with one attached hydrogen (secondary N) is 2. The Labute approximate surface area is 92.9 Å². The number of aliphatic carboxylic acids is 1. The van der Waals surface area contributed by atoms with Crippen molar-refractivity contribution in [2.45, 2.75) is 12.5 Å². The normalized spacial score (nSPS) is 35.6. The van der Waals surface area contributed by atoms with Crippen LogP contribution < -0.4 is 10.9 Å². The third-order valence-corrected chi connectivity index (χ3v) is 3.46. The third kappa shape index (κ3) is 1.36. The number of carboxylic acids is 1. The molecule has 2 aliphatic heterocycles. The number of hydrogen-bond acceptors (Lipinski definition) is 4. The van der Waals surface area contributed by atoms with E-state index in [1.807, 2.05) is 6.08 Å². The molecule has 2 heterocycles. The van der Waals surface area contributed by atoms with Crippen molar-refractivity contribution in [3.05, 3.63) is 23.4 Å². The summed E-state index contributed by atoms with van der Waals surface area (Å²) in [5.74, 6) is -0.405. The van der Waals surface area contributed by atoms with Gasteiger partial charge in [0.15, 0.2) is 6.04 Å². The molecule has 5 heteroatoms. The molecule has 1 saturated heterocycles. The van der Waals surface area contributed by atoms with Crippen LogP contribution in [0.25, 0.3) is 0 Å². The van der Waals surface area contributed by atoms with Gasteiger partial charge in [0.1, 0.15) is 0 Å². The highest BCUT2D eigenvalue weighted by atomic mass is 16.4. The molecule has 16 heavy (non-hydrogen) atoms. The van der Waals surface area contributed by atoms with E-state index in [1.54, 1.807) is 6.21 Å². The number of carbonyl (C=O) groups is 1. The van der Waals surface area contributed by atoms with Crippen molar-refractivity contribution in [3.63, 3.8) is 0 Å². The molecule has 3 N–H and O–H groups in total. The summed E-state index contributed by atoms with van der Waals surface area (Å²) in [7, 11) is 0. The first-order valence-corrected chi connectivity index (χ1v) is 5.42. The topological polar surface area (TPSA) is 73.7 Å². The molecule has 0 radical (unpaired) electrons. The van der Waals surface area contributed by atoms with Gasteiger partial charge in [0.25, 0.3) is 0 Å². The van der Waals surface area contributed by atoms with E-state index in [9.17, 15) is 4.79 Å². The van der Waals surface area contributed by atoms with Crippen LogP contribution in [-0.2, 0) is 4.79 Å². The Kier molecular flexibility index (Phi) is 2.07. The smallest absolute Gasteiger partial charge is 0.329 e. The van der Waals surface area contributed by atoms with Gasteiger partial charge in [0.2, 0.25) is 0 Å². The van der Waals surface area contributed by atoms with Crippen LogP contribution in [0.2, 0.25) is 0 Å². The molecule has 1 fully saturated rings. The van der Waals surface area contributed by atoms with Crippen molar-refractivity contribution in [2.75, 3.05) is 6.54 Å². The lowest BCUT2D eigenvalue weighted by Crippen LogP contribution is -2.35. The zero-order valence-corrected chi connectivity index (χ0v) is 8.68. The van der Waals surface area contributed by atoms with Crippen molar-refractivity contribution in [3.8, 4) is 0 Å². The number of carboxylic acid groups (broad SMARTS) is 1. The average molecular weight is 219 g/mol.